The topological polar surface area (TPSA) is 134 Å². The summed E-state index contributed by atoms with van der Waals surface area (Å²) in [6.45, 7) is 2.40. The second kappa shape index (κ2) is 9.77. The molecule has 2 aromatic carbocycles. The third-order valence-electron chi connectivity index (χ3n) is 5.74. The van der Waals surface area contributed by atoms with Crippen molar-refractivity contribution in [3.05, 3.63) is 52.9 Å². The van der Waals surface area contributed by atoms with Gasteiger partial charge in [-0.2, -0.15) is 5.26 Å². The van der Waals surface area contributed by atoms with Crippen molar-refractivity contribution in [2.24, 2.45) is 5.73 Å². The normalized spacial score (nSPS) is 14.5. The zero-order chi connectivity index (χ0) is 25.1. The minimum Gasteiger partial charge on any atom is -0.493 e. The van der Waals surface area contributed by atoms with E-state index in [4.69, 9.17) is 34.2 Å². The molecule has 182 valence electrons. The van der Waals surface area contributed by atoms with Crippen LogP contribution in [0.5, 0.6) is 34.6 Å². The SMILES string of the molecule is CCOc1ccc(-c2[nH]nc3c2[C@@H](c2ccc(OC)c(OC)c2OC)C(C#N)=C(N)O3)cc1OC. The van der Waals surface area contributed by atoms with Crippen molar-refractivity contribution >= 4 is 0 Å². The molecule has 0 unspecified atom stereocenters. The van der Waals surface area contributed by atoms with Gasteiger partial charge in [0, 0.05) is 11.1 Å². The molecule has 0 radical (unpaired) electrons. The molecule has 10 heteroatoms. The first-order valence-corrected chi connectivity index (χ1v) is 10.8. The van der Waals surface area contributed by atoms with Gasteiger partial charge in [-0.15, -0.1) is 5.10 Å². The van der Waals surface area contributed by atoms with Crippen LogP contribution in [0, 0.1) is 11.3 Å². The van der Waals surface area contributed by atoms with Crippen LogP contribution in [-0.4, -0.2) is 45.2 Å². The number of rotatable bonds is 8. The number of allylic oxidation sites excluding steroid dienone is 1. The van der Waals surface area contributed by atoms with Crippen LogP contribution >= 0.6 is 0 Å². The van der Waals surface area contributed by atoms with Crippen molar-refractivity contribution in [3.63, 3.8) is 0 Å². The molecular formula is C25H26N4O6. The minimum absolute atomic E-state index is 0.0378. The summed E-state index contributed by atoms with van der Waals surface area (Å²) >= 11 is 0. The van der Waals surface area contributed by atoms with Gasteiger partial charge in [0.2, 0.25) is 17.5 Å². The molecule has 0 spiro atoms. The van der Waals surface area contributed by atoms with E-state index in [0.717, 1.165) is 5.56 Å². The number of nitriles is 1. The van der Waals surface area contributed by atoms with E-state index in [9.17, 15) is 5.26 Å². The fourth-order valence-corrected chi connectivity index (χ4v) is 4.23. The summed E-state index contributed by atoms with van der Waals surface area (Å²) in [4.78, 5) is 0. The number of methoxy groups -OCH3 is 4. The Bertz CT molecular complexity index is 1320. The Kier molecular flexibility index (Phi) is 6.59. The Morgan fingerprint density at radius 1 is 1.00 bits per heavy atom. The molecule has 10 nitrogen and oxygen atoms in total. The number of fused-ring (bicyclic) bond motifs is 1. The molecule has 1 aliphatic rings. The number of benzene rings is 2. The first-order valence-electron chi connectivity index (χ1n) is 10.8. The lowest BCUT2D eigenvalue weighted by Gasteiger charge is -2.26. The molecule has 1 atom stereocenters. The highest BCUT2D eigenvalue weighted by Crippen LogP contribution is 2.51. The van der Waals surface area contributed by atoms with Crippen molar-refractivity contribution in [2.45, 2.75) is 12.8 Å². The highest BCUT2D eigenvalue weighted by Gasteiger charge is 2.38. The molecule has 0 bridgehead atoms. The lowest BCUT2D eigenvalue weighted by Crippen LogP contribution is -2.21. The molecule has 35 heavy (non-hydrogen) atoms. The second-order valence-corrected chi connectivity index (χ2v) is 7.46. The molecule has 4 rings (SSSR count). The van der Waals surface area contributed by atoms with Gasteiger partial charge in [0.25, 0.3) is 0 Å². The molecule has 0 fully saturated rings. The molecule has 3 aromatic rings. The monoisotopic (exact) mass is 478 g/mol. The standard InChI is InChI=1S/C25H26N4O6/c1-6-34-16-9-7-13(11-18(16)31-3)21-20-19(15(12-26)24(27)35-25(20)29-28-21)14-8-10-17(30-2)23(33-5)22(14)32-4/h7-11,19H,6,27H2,1-5H3,(H,28,29)/t19-/m0/s1. The predicted molar refractivity (Wildman–Crippen MR) is 127 cm³/mol. The van der Waals surface area contributed by atoms with Crippen LogP contribution in [0.15, 0.2) is 41.8 Å². The molecule has 2 heterocycles. The third-order valence-corrected chi connectivity index (χ3v) is 5.74. The van der Waals surface area contributed by atoms with Crippen molar-refractivity contribution in [3.8, 4) is 52.0 Å². The molecule has 1 aromatic heterocycles. The quantitative estimate of drug-likeness (QED) is 0.497. The molecular weight excluding hydrogens is 452 g/mol. The lowest BCUT2D eigenvalue weighted by molar-refractivity contribution is 0.311. The van der Waals surface area contributed by atoms with Crippen molar-refractivity contribution in [2.75, 3.05) is 35.0 Å². The van der Waals surface area contributed by atoms with Crippen LogP contribution in [0.25, 0.3) is 11.3 Å². The average Bonchev–Trinajstić information content (AvgIpc) is 3.30. The number of nitrogens with one attached hydrogen (secondary N) is 1. The van der Waals surface area contributed by atoms with Gasteiger partial charge in [-0.3, -0.25) is 5.10 Å². The number of nitrogens with two attached hydrogens (primary N) is 1. The Balaban J connectivity index is 1.97. The molecule has 0 saturated carbocycles. The van der Waals surface area contributed by atoms with Crippen LogP contribution in [0.1, 0.15) is 24.0 Å². The smallest absolute Gasteiger partial charge is 0.244 e. The number of H-pyrrole nitrogens is 1. The van der Waals surface area contributed by atoms with E-state index in [-0.39, 0.29) is 17.3 Å². The van der Waals surface area contributed by atoms with Crippen LogP contribution in [0.4, 0.5) is 0 Å². The zero-order valence-electron chi connectivity index (χ0n) is 20.1. The maximum Gasteiger partial charge on any atom is 0.244 e. The first kappa shape index (κ1) is 23.6. The summed E-state index contributed by atoms with van der Waals surface area (Å²) in [6, 6.07) is 11.3. The van der Waals surface area contributed by atoms with Gasteiger partial charge in [-0.1, -0.05) is 6.07 Å². The number of hydrogen-bond acceptors (Lipinski definition) is 9. The lowest BCUT2D eigenvalue weighted by atomic mass is 9.82. The molecule has 0 saturated heterocycles. The number of nitrogens with zero attached hydrogens (tertiary/aromatic N) is 2. The van der Waals surface area contributed by atoms with E-state index in [1.807, 2.05) is 25.1 Å². The van der Waals surface area contributed by atoms with Gasteiger partial charge in [0.1, 0.15) is 11.6 Å². The Morgan fingerprint density at radius 2 is 1.71 bits per heavy atom. The van der Waals surface area contributed by atoms with E-state index in [2.05, 4.69) is 16.3 Å². The molecule has 3 N–H and O–H groups in total. The summed E-state index contributed by atoms with van der Waals surface area (Å²) in [5, 5.41) is 17.4. The van der Waals surface area contributed by atoms with E-state index >= 15 is 0 Å². The highest BCUT2D eigenvalue weighted by atomic mass is 16.5. The molecule has 1 aliphatic heterocycles. The summed E-state index contributed by atoms with van der Waals surface area (Å²) < 4.78 is 33.6. The van der Waals surface area contributed by atoms with E-state index in [0.29, 0.717) is 52.2 Å². The predicted octanol–water partition coefficient (Wildman–Crippen LogP) is 3.73. The van der Waals surface area contributed by atoms with Gasteiger partial charge in [0.05, 0.1) is 52.2 Å². The Labute approximate surface area is 202 Å². The summed E-state index contributed by atoms with van der Waals surface area (Å²) in [7, 11) is 6.15. The van der Waals surface area contributed by atoms with Crippen molar-refractivity contribution < 1.29 is 28.4 Å². The Morgan fingerprint density at radius 3 is 2.34 bits per heavy atom. The Hall–Kier alpha value is -4.52. The number of aromatic amines is 1. The maximum atomic E-state index is 10.1. The van der Waals surface area contributed by atoms with Crippen LogP contribution in [0.2, 0.25) is 0 Å². The number of aromatic nitrogens is 2. The van der Waals surface area contributed by atoms with Gasteiger partial charge in [0.15, 0.2) is 23.0 Å². The van der Waals surface area contributed by atoms with Gasteiger partial charge in [-0.25, -0.2) is 0 Å². The van der Waals surface area contributed by atoms with Crippen LogP contribution in [-0.2, 0) is 0 Å². The highest BCUT2D eigenvalue weighted by molar-refractivity contribution is 5.74. The fourth-order valence-electron chi connectivity index (χ4n) is 4.23. The van der Waals surface area contributed by atoms with E-state index in [1.54, 1.807) is 19.2 Å². The summed E-state index contributed by atoms with van der Waals surface area (Å²) in [5.74, 6) is 2.01. The van der Waals surface area contributed by atoms with Gasteiger partial charge >= 0.3 is 0 Å². The fraction of sp³-hybridized carbons (Fsp3) is 0.280. The summed E-state index contributed by atoms with van der Waals surface area (Å²) in [5.41, 5.74) is 8.99. The maximum absolute atomic E-state index is 10.1. The zero-order valence-corrected chi connectivity index (χ0v) is 20.1. The van der Waals surface area contributed by atoms with Gasteiger partial charge < -0.3 is 34.2 Å². The van der Waals surface area contributed by atoms with Gasteiger partial charge in [-0.05, 0) is 31.2 Å². The third kappa shape index (κ3) is 3.91. The van der Waals surface area contributed by atoms with Crippen molar-refractivity contribution in [1.29, 1.82) is 5.26 Å². The minimum atomic E-state index is -0.662. The van der Waals surface area contributed by atoms with Crippen molar-refractivity contribution in [1.82, 2.24) is 10.2 Å². The first-order chi connectivity index (χ1) is 17.0. The molecule has 0 aliphatic carbocycles. The second-order valence-electron chi connectivity index (χ2n) is 7.46. The van der Waals surface area contributed by atoms with E-state index in [1.165, 1.54) is 21.3 Å². The largest absolute Gasteiger partial charge is 0.493 e. The number of ether oxygens (including phenoxy) is 6. The summed E-state index contributed by atoms with van der Waals surface area (Å²) in [6.07, 6.45) is 0. The number of hydrogen-bond donors (Lipinski definition) is 2. The van der Waals surface area contributed by atoms with Crippen LogP contribution in [0.3, 0.4) is 0 Å². The average molecular weight is 479 g/mol. The molecule has 0 amide bonds. The van der Waals surface area contributed by atoms with E-state index < -0.39 is 5.92 Å². The van der Waals surface area contributed by atoms with Crippen LogP contribution < -0.4 is 34.2 Å².